The van der Waals surface area contributed by atoms with Gasteiger partial charge in [-0.15, -0.1) is 0 Å². The van der Waals surface area contributed by atoms with Gasteiger partial charge in [-0.2, -0.15) is 0 Å². The van der Waals surface area contributed by atoms with Gasteiger partial charge in [0.1, 0.15) is 28.9 Å². The third kappa shape index (κ3) is 4.15. The Labute approximate surface area is 159 Å². The van der Waals surface area contributed by atoms with Gasteiger partial charge in [0.05, 0.1) is 6.20 Å². The monoisotopic (exact) mass is 379 g/mol. The van der Waals surface area contributed by atoms with E-state index in [0.717, 1.165) is 5.69 Å². The van der Waals surface area contributed by atoms with Crippen molar-refractivity contribution in [1.82, 2.24) is 9.97 Å². The molecule has 0 saturated carbocycles. The Kier molecular flexibility index (Phi) is 4.97. The fraction of sp³-hybridized carbons (Fsp3) is 0.0476. The standard InChI is InChI=1S/C21H15F2N3O2/c22-19-2-1-3-20(23)18(19)12-17-13-25-21(28-17)26-14-4-6-15(7-5-14)27-16-8-10-24-11-9-16/h1-11,13H,12H2,(H,25,26). The third-order valence-electron chi connectivity index (χ3n) is 3.96. The molecule has 7 heteroatoms. The number of nitrogens with zero attached hydrogens (tertiary/aromatic N) is 2. The zero-order chi connectivity index (χ0) is 19.3. The Hall–Kier alpha value is -3.74. The van der Waals surface area contributed by atoms with Crippen LogP contribution in [-0.2, 0) is 6.42 Å². The van der Waals surface area contributed by atoms with Crippen LogP contribution in [0.15, 0.2) is 77.6 Å². The molecule has 0 aliphatic carbocycles. The zero-order valence-electron chi connectivity index (χ0n) is 14.6. The van der Waals surface area contributed by atoms with Crippen LogP contribution in [0.2, 0.25) is 0 Å². The van der Waals surface area contributed by atoms with E-state index >= 15 is 0 Å². The quantitative estimate of drug-likeness (QED) is 0.481. The number of hydrogen-bond acceptors (Lipinski definition) is 5. The third-order valence-corrected chi connectivity index (χ3v) is 3.96. The van der Waals surface area contributed by atoms with Gasteiger partial charge in [0, 0.05) is 30.1 Å². The van der Waals surface area contributed by atoms with E-state index in [4.69, 9.17) is 9.15 Å². The number of rotatable bonds is 6. The van der Waals surface area contributed by atoms with Gasteiger partial charge in [-0.05, 0) is 48.5 Å². The highest BCUT2D eigenvalue weighted by atomic mass is 19.1. The number of nitrogens with one attached hydrogen (secondary N) is 1. The molecule has 28 heavy (non-hydrogen) atoms. The van der Waals surface area contributed by atoms with Crippen molar-refractivity contribution in [2.24, 2.45) is 0 Å². The summed E-state index contributed by atoms with van der Waals surface area (Å²) in [6.45, 7) is 0. The second-order valence-corrected chi connectivity index (χ2v) is 5.94. The Bertz CT molecular complexity index is 1050. The summed E-state index contributed by atoms with van der Waals surface area (Å²) in [5.41, 5.74) is 0.676. The van der Waals surface area contributed by atoms with E-state index in [9.17, 15) is 8.78 Å². The normalized spacial score (nSPS) is 10.6. The number of oxazole rings is 1. The zero-order valence-corrected chi connectivity index (χ0v) is 14.6. The minimum atomic E-state index is -0.615. The van der Waals surface area contributed by atoms with Gasteiger partial charge >= 0.3 is 0 Å². The summed E-state index contributed by atoms with van der Waals surface area (Å²) in [6, 6.07) is 14.7. The molecule has 0 bridgehead atoms. The van der Waals surface area contributed by atoms with Crippen molar-refractivity contribution >= 4 is 11.7 Å². The van der Waals surface area contributed by atoms with Gasteiger partial charge in [0.2, 0.25) is 0 Å². The number of hydrogen-bond donors (Lipinski definition) is 1. The van der Waals surface area contributed by atoms with Gasteiger partial charge in [-0.3, -0.25) is 4.98 Å². The van der Waals surface area contributed by atoms with E-state index < -0.39 is 11.6 Å². The SMILES string of the molecule is Fc1cccc(F)c1Cc1cnc(Nc2ccc(Oc3ccncc3)cc2)o1. The van der Waals surface area contributed by atoms with Crippen molar-refractivity contribution in [3.8, 4) is 11.5 Å². The van der Waals surface area contributed by atoms with Gasteiger partial charge < -0.3 is 14.5 Å². The first-order valence-electron chi connectivity index (χ1n) is 8.50. The van der Waals surface area contributed by atoms with E-state index in [2.05, 4.69) is 15.3 Å². The van der Waals surface area contributed by atoms with Crippen molar-refractivity contribution < 1.29 is 17.9 Å². The summed E-state index contributed by atoms with van der Waals surface area (Å²) in [5, 5.41) is 3.00. The van der Waals surface area contributed by atoms with Crippen molar-refractivity contribution in [3.63, 3.8) is 0 Å². The average Bonchev–Trinajstić information content (AvgIpc) is 3.14. The molecule has 2 aromatic carbocycles. The van der Waals surface area contributed by atoms with E-state index in [-0.39, 0.29) is 18.0 Å². The molecule has 0 amide bonds. The largest absolute Gasteiger partial charge is 0.457 e. The lowest BCUT2D eigenvalue weighted by molar-refractivity contribution is 0.482. The smallest absolute Gasteiger partial charge is 0.299 e. The Morgan fingerprint density at radius 2 is 1.57 bits per heavy atom. The molecule has 1 N–H and O–H groups in total. The van der Waals surface area contributed by atoms with Crippen LogP contribution in [0.3, 0.4) is 0 Å². The summed E-state index contributed by atoms with van der Waals surface area (Å²) in [6.07, 6.45) is 4.72. The minimum absolute atomic E-state index is 0.0219. The van der Waals surface area contributed by atoms with Crippen LogP contribution in [0, 0.1) is 11.6 Å². The van der Waals surface area contributed by atoms with Gasteiger partial charge in [-0.1, -0.05) is 6.07 Å². The molecule has 5 nitrogen and oxygen atoms in total. The molecule has 2 aromatic heterocycles. The lowest BCUT2D eigenvalue weighted by atomic mass is 10.1. The molecule has 0 saturated heterocycles. The number of halogens is 2. The summed E-state index contributed by atoms with van der Waals surface area (Å²) in [7, 11) is 0. The van der Waals surface area contributed by atoms with Crippen LogP contribution >= 0.6 is 0 Å². The molecule has 0 fully saturated rings. The van der Waals surface area contributed by atoms with Crippen LogP contribution in [0.5, 0.6) is 11.5 Å². The second-order valence-electron chi connectivity index (χ2n) is 5.94. The van der Waals surface area contributed by atoms with E-state index in [1.54, 1.807) is 48.8 Å². The first-order chi connectivity index (χ1) is 13.7. The Balaban J connectivity index is 1.41. The molecule has 0 spiro atoms. The maximum Gasteiger partial charge on any atom is 0.299 e. The number of pyridine rings is 1. The molecule has 0 unspecified atom stereocenters. The number of benzene rings is 2. The maximum atomic E-state index is 13.8. The maximum absolute atomic E-state index is 13.8. The first kappa shape index (κ1) is 17.7. The summed E-state index contributed by atoms with van der Waals surface area (Å²) >= 11 is 0. The highest BCUT2D eigenvalue weighted by Crippen LogP contribution is 2.25. The molecule has 2 heterocycles. The molecule has 0 aliphatic heterocycles. The highest BCUT2D eigenvalue weighted by molar-refractivity contribution is 5.54. The highest BCUT2D eigenvalue weighted by Gasteiger charge is 2.12. The predicted molar refractivity (Wildman–Crippen MR) is 99.7 cm³/mol. The molecule has 4 rings (SSSR count). The van der Waals surface area contributed by atoms with Crippen molar-refractivity contribution in [1.29, 1.82) is 0 Å². The van der Waals surface area contributed by atoms with Crippen molar-refractivity contribution in [2.45, 2.75) is 6.42 Å². The minimum Gasteiger partial charge on any atom is -0.457 e. The van der Waals surface area contributed by atoms with Gasteiger partial charge in [0.25, 0.3) is 6.01 Å². The molecular formula is C21H15F2N3O2. The fourth-order valence-electron chi connectivity index (χ4n) is 2.59. The summed E-state index contributed by atoms with van der Waals surface area (Å²) < 4.78 is 38.7. The van der Waals surface area contributed by atoms with Crippen LogP contribution in [0.4, 0.5) is 20.5 Å². The predicted octanol–water partition coefficient (Wildman–Crippen LogP) is 5.47. The van der Waals surface area contributed by atoms with Crippen LogP contribution in [0.25, 0.3) is 0 Å². The van der Waals surface area contributed by atoms with Crippen LogP contribution < -0.4 is 10.1 Å². The van der Waals surface area contributed by atoms with Crippen molar-refractivity contribution in [2.75, 3.05) is 5.32 Å². The summed E-state index contributed by atoms with van der Waals surface area (Å²) in [4.78, 5) is 8.03. The Morgan fingerprint density at radius 1 is 0.893 bits per heavy atom. The molecule has 4 aromatic rings. The lowest BCUT2D eigenvalue weighted by Crippen LogP contribution is -1.95. The second kappa shape index (κ2) is 7.87. The molecule has 0 aliphatic rings. The van der Waals surface area contributed by atoms with E-state index in [1.807, 2.05) is 0 Å². The van der Waals surface area contributed by atoms with E-state index in [1.165, 1.54) is 24.4 Å². The van der Waals surface area contributed by atoms with Crippen molar-refractivity contribution in [3.05, 3.63) is 96.1 Å². The molecule has 0 atom stereocenters. The summed E-state index contributed by atoms with van der Waals surface area (Å²) in [5.74, 6) is 0.476. The molecule has 140 valence electrons. The van der Waals surface area contributed by atoms with Crippen LogP contribution in [0.1, 0.15) is 11.3 Å². The number of ether oxygens (including phenoxy) is 1. The number of anilines is 2. The number of aromatic nitrogens is 2. The molecule has 0 radical (unpaired) electrons. The fourth-order valence-corrected chi connectivity index (χ4v) is 2.59. The van der Waals surface area contributed by atoms with Gasteiger partial charge in [0.15, 0.2) is 0 Å². The lowest BCUT2D eigenvalue weighted by Gasteiger charge is -2.06. The van der Waals surface area contributed by atoms with E-state index in [0.29, 0.717) is 17.3 Å². The van der Waals surface area contributed by atoms with Crippen LogP contribution in [-0.4, -0.2) is 9.97 Å². The Morgan fingerprint density at radius 3 is 2.29 bits per heavy atom. The first-order valence-corrected chi connectivity index (χ1v) is 8.50. The average molecular weight is 379 g/mol. The molecular weight excluding hydrogens is 364 g/mol. The topological polar surface area (TPSA) is 60.2 Å². The van der Waals surface area contributed by atoms with Gasteiger partial charge in [-0.25, -0.2) is 13.8 Å².